The van der Waals surface area contributed by atoms with Gasteiger partial charge in [0.2, 0.25) is 10.0 Å². The van der Waals surface area contributed by atoms with E-state index in [0.29, 0.717) is 12.5 Å². The van der Waals surface area contributed by atoms with Gasteiger partial charge in [-0.1, -0.05) is 0 Å². The minimum absolute atomic E-state index is 0.0549. The Morgan fingerprint density at radius 3 is 2.50 bits per heavy atom. The van der Waals surface area contributed by atoms with Crippen molar-refractivity contribution in [3.05, 3.63) is 29.3 Å². The smallest absolute Gasteiger partial charge is 0.270 e. The highest BCUT2D eigenvalue weighted by atomic mass is 32.2. The monoisotopic (exact) mass is 304 g/mol. The fourth-order valence-corrected chi connectivity index (χ4v) is 3.69. The summed E-state index contributed by atoms with van der Waals surface area (Å²) in [5.74, 6) is 0. The lowest BCUT2D eigenvalue weighted by Gasteiger charge is -2.20. The van der Waals surface area contributed by atoms with Crippen molar-refractivity contribution < 1.29 is 21.6 Å². The number of benzene rings is 1. The van der Waals surface area contributed by atoms with Gasteiger partial charge in [0.25, 0.3) is 0 Å². The third-order valence-corrected chi connectivity index (χ3v) is 5.53. The SMILES string of the molecule is C[C@H]1CCN(c2ccc(C#N)c(C(F)(F)F)c2)S1(=O)=O. The van der Waals surface area contributed by atoms with Crippen LogP contribution in [0.2, 0.25) is 0 Å². The van der Waals surface area contributed by atoms with Crippen LogP contribution in [-0.4, -0.2) is 20.2 Å². The lowest BCUT2D eigenvalue weighted by molar-refractivity contribution is -0.137. The molecule has 0 aromatic heterocycles. The minimum atomic E-state index is -4.70. The topological polar surface area (TPSA) is 61.2 Å². The van der Waals surface area contributed by atoms with Crippen LogP contribution in [0.5, 0.6) is 0 Å². The van der Waals surface area contributed by atoms with Gasteiger partial charge in [0.1, 0.15) is 0 Å². The van der Waals surface area contributed by atoms with E-state index >= 15 is 0 Å². The molecule has 0 aliphatic carbocycles. The van der Waals surface area contributed by atoms with E-state index in [1.807, 2.05) is 0 Å². The minimum Gasteiger partial charge on any atom is -0.270 e. The van der Waals surface area contributed by atoms with Crippen molar-refractivity contribution in [3.63, 3.8) is 0 Å². The van der Waals surface area contributed by atoms with Crippen molar-refractivity contribution in [2.75, 3.05) is 10.8 Å². The van der Waals surface area contributed by atoms with Gasteiger partial charge in [0.05, 0.1) is 28.1 Å². The molecule has 0 spiro atoms. The molecule has 4 nitrogen and oxygen atoms in total. The molecular formula is C12H11F3N2O2S. The van der Waals surface area contributed by atoms with Crippen LogP contribution in [0.4, 0.5) is 18.9 Å². The van der Waals surface area contributed by atoms with Crippen LogP contribution in [0.25, 0.3) is 0 Å². The number of hydrogen-bond donors (Lipinski definition) is 0. The summed E-state index contributed by atoms with van der Waals surface area (Å²) in [4.78, 5) is 0. The summed E-state index contributed by atoms with van der Waals surface area (Å²) < 4.78 is 63.5. The van der Waals surface area contributed by atoms with Gasteiger partial charge in [0, 0.05) is 6.54 Å². The van der Waals surface area contributed by atoms with Gasteiger partial charge < -0.3 is 0 Å². The second kappa shape index (κ2) is 4.66. The van der Waals surface area contributed by atoms with E-state index in [4.69, 9.17) is 5.26 Å². The van der Waals surface area contributed by atoms with Crippen LogP contribution in [0.3, 0.4) is 0 Å². The molecule has 0 radical (unpaired) electrons. The maximum absolute atomic E-state index is 12.9. The molecule has 0 unspecified atom stereocenters. The van der Waals surface area contributed by atoms with Gasteiger partial charge in [-0.25, -0.2) is 8.42 Å². The van der Waals surface area contributed by atoms with Crippen molar-refractivity contribution in [3.8, 4) is 6.07 Å². The first-order valence-corrected chi connectivity index (χ1v) is 7.31. The summed E-state index contributed by atoms with van der Waals surface area (Å²) in [6, 6.07) is 4.40. The zero-order chi connectivity index (χ0) is 15.1. The average molecular weight is 304 g/mol. The van der Waals surface area contributed by atoms with Crippen molar-refractivity contribution in [2.24, 2.45) is 0 Å². The number of hydrogen-bond acceptors (Lipinski definition) is 3. The van der Waals surface area contributed by atoms with Gasteiger partial charge in [-0.15, -0.1) is 0 Å². The summed E-state index contributed by atoms with van der Waals surface area (Å²) in [7, 11) is -3.62. The number of halogens is 3. The van der Waals surface area contributed by atoms with Gasteiger partial charge in [-0.05, 0) is 31.5 Å². The van der Waals surface area contributed by atoms with Gasteiger partial charge in [-0.2, -0.15) is 18.4 Å². The molecule has 0 saturated carbocycles. The molecule has 1 aromatic carbocycles. The second-order valence-corrected chi connectivity index (χ2v) is 6.83. The molecule has 20 heavy (non-hydrogen) atoms. The van der Waals surface area contributed by atoms with Crippen LogP contribution < -0.4 is 4.31 Å². The maximum atomic E-state index is 12.9. The molecule has 1 aliphatic rings. The highest BCUT2D eigenvalue weighted by Gasteiger charge is 2.38. The molecule has 0 N–H and O–H groups in total. The largest absolute Gasteiger partial charge is 0.417 e. The van der Waals surface area contributed by atoms with E-state index in [1.165, 1.54) is 19.1 Å². The third kappa shape index (κ3) is 2.33. The quantitative estimate of drug-likeness (QED) is 0.801. The summed E-state index contributed by atoms with van der Waals surface area (Å²) in [5, 5.41) is 8.08. The number of sulfonamides is 1. The predicted octanol–water partition coefficient (Wildman–Crippen LogP) is 2.51. The summed E-state index contributed by atoms with van der Waals surface area (Å²) >= 11 is 0. The Bertz CT molecular complexity index is 677. The number of rotatable bonds is 1. The predicted molar refractivity (Wildman–Crippen MR) is 66.5 cm³/mol. The van der Waals surface area contributed by atoms with E-state index in [9.17, 15) is 21.6 Å². The fraction of sp³-hybridized carbons (Fsp3) is 0.417. The standard InChI is InChI=1S/C12H11F3N2O2S/c1-8-4-5-17(20(8,18)19)10-3-2-9(7-16)11(6-10)12(13,14)15/h2-3,6,8H,4-5H2,1H3/t8-/m0/s1. The van der Waals surface area contributed by atoms with Gasteiger partial charge in [0.15, 0.2) is 0 Å². The highest BCUT2D eigenvalue weighted by molar-refractivity contribution is 7.93. The van der Waals surface area contributed by atoms with E-state index in [2.05, 4.69) is 0 Å². The summed E-state index contributed by atoms with van der Waals surface area (Å²) in [5.41, 5.74) is -1.70. The molecule has 1 atom stereocenters. The molecule has 1 fully saturated rings. The summed E-state index contributed by atoms with van der Waals surface area (Å²) in [6.45, 7) is 1.66. The lowest BCUT2D eigenvalue weighted by atomic mass is 10.1. The first kappa shape index (κ1) is 14.7. The molecule has 108 valence electrons. The average Bonchev–Trinajstić information content (AvgIpc) is 2.62. The van der Waals surface area contributed by atoms with E-state index < -0.39 is 32.6 Å². The van der Waals surface area contributed by atoms with Crippen LogP contribution in [0.1, 0.15) is 24.5 Å². The Morgan fingerprint density at radius 1 is 1.40 bits per heavy atom. The Balaban J connectivity index is 2.54. The van der Waals surface area contributed by atoms with E-state index in [-0.39, 0.29) is 12.2 Å². The van der Waals surface area contributed by atoms with Crippen molar-refractivity contribution in [1.29, 1.82) is 5.26 Å². The highest BCUT2D eigenvalue weighted by Crippen LogP contribution is 2.36. The normalized spacial score (nSPS) is 21.8. The molecule has 1 aliphatic heterocycles. The zero-order valence-electron chi connectivity index (χ0n) is 10.5. The molecule has 2 rings (SSSR count). The second-order valence-electron chi connectivity index (χ2n) is 4.56. The van der Waals surface area contributed by atoms with Crippen molar-refractivity contribution in [2.45, 2.75) is 24.8 Å². The fourth-order valence-electron chi connectivity index (χ4n) is 2.09. The maximum Gasteiger partial charge on any atom is 0.417 e. The zero-order valence-corrected chi connectivity index (χ0v) is 11.3. The molecule has 0 bridgehead atoms. The first-order chi connectivity index (χ1) is 9.17. The summed E-state index contributed by atoms with van der Waals surface area (Å²) in [6.07, 6.45) is -4.33. The number of nitrogens with zero attached hydrogens (tertiary/aromatic N) is 2. The Hall–Kier alpha value is -1.75. The number of nitriles is 1. The van der Waals surface area contributed by atoms with Gasteiger partial charge in [-0.3, -0.25) is 4.31 Å². The molecule has 0 amide bonds. The first-order valence-electron chi connectivity index (χ1n) is 5.81. The van der Waals surface area contributed by atoms with Crippen molar-refractivity contribution in [1.82, 2.24) is 0 Å². The van der Waals surface area contributed by atoms with Crippen LogP contribution in [0, 0.1) is 11.3 Å². The third-order valence-electron chi connectivity index (χ3n) is 3.27. The van der Waals surface area contributed by atoms with Gasteiger partial charge >= 0.3 is 6.18 Å². The molecule has 1 aromatic rings. The van der Waals surface area contributed by atoms with Crippen LogP contribution >= 0.6 is 0 Å². The molecule has 1 saturated heterocycles. The Kier molecular flexibility index (Phi) is 3.42. The molecule has 8 heteroatoms. The Morgan fingerprint density at radius 2 is 2.05 bits per heavy atom. The molecular weight excluding hydrogens is 293 g/mol. The Labute approximate surface area is 114 Å². The number of alkyl halides is 3. The van der Waals surface area contributed by atoms with Crippen LogP contribution in [-0.2, 0) is 16.2 Å². The lowest BCUT2D eigenvalue weighted by Crippen LogP contribution is -2.28. The van der Waals surface area contributed by atoms with E-state index in [0.717, 1.165) is 10.4 Å². The van der Waals surface area contributed by atoms with Crippen LogP contribution in [0.15, 0.2) is 18.2 Å². The van der Waals surface area contributed by atoms with E-state index in [1.54, 1.807) is 0 Å². The number of anilines is 1. The molecule has 1 heterocycles. The van der Waals surface area contributed by atoms with Crippen molar-refractivity contribution >= 4 is 15.7 Å².